The molecule has 1 fully saturated rings. The molecular formula is C18H23N3O5. The number of nitrogens with zero attached hydrogens (tertiary/aromatic N) is 2. The summed E-state index contributed by atoms with van der Waals surface area (Å²) in [7, 11) is 0. The zero-order valence-corrected chi connectivity index (χ0v) is 14.7. The first-order chi connectivity index (χ1) is 12.5. The third-order valence-corrected chi connectivity index (χ3v) is 4.79. The first-order valence-electron chi connectivity index (χ1n) is 8.81. The van der Waals surface area contributed by atoms with Gasteiger partial charge in [0.05, 0.1) is 17.6 Å². The number of carbonyl (C=O) groups excluding carboxylic acids is 1. The van der Waals surface area contributed by atoms with Gasteiger partial charge in [0.2, 0.25) is 5.91 Å². The van der Waals surface area contributed by atoms with Crippen molar-refractivity contribution in [1.82, 2.24) is 14.5 Å². The number of carbonyl (C=O) groups is 2. The molecule has 8 nitrogen and oxygen atoms in total. The third-order valence-electron chi connectivity index (χ3n) is 4.79. The summed E-state index contributed by atoms with van der Waals surface area (Å²) < 4.78 is 8.30. The summed E-state index contributed by atoms with van der Waals surface area (Å²) in [6.45, 7) is 3.06. The van der Waals surface area contributed by atoms with Gasteiger partial charge in [-0.25, -0.2) is 9.59 Å². The van der Waals surface area contributed by atoms with Crippen molar-refractivity contribution in [2.45, 2.75) is 38.9 Å². The molecule has 1 aromatic heterocycles. The number of aliphatic carboxylic acids is 1. The highest BCUT2D eigenvalue weighted by molar-refractivity contribution is 5.85. The fourth-order valence-corrected chi connectivity index (χ4v) is 3.50. The zero-order valence-electron chi connectivity index (χ0n) is 14.7. The van der Waals surface area contributed by atoms with E-state index >= 15 is 0 Å². The van der Waals surface area contributed by atoms with Crippen molar-refractivity contribution in [3.63, 3.8) is 0 Å². The number of carboxylic acids is 1. The summed E-state index contributed by atoms with van der Waals surface area (Å²) in [6.07, 6.45) is 1.46. The molecule has 2 atom stereocenters. The number of nitrogens with one attached hydrogen (secondary N) is 1. The van der Waals surface area contributed by atoms with E-state index in [2.05, 4.69) is 5.32 Å². The van der Waals surface area contributed by atoms with Gasteiger partial charge in [-0.3, -0.25) is 13.9 Å². The molecule has 1 saturated heterocycles. The molecule has 8 heteroatoms. The predicted octanol–water partition coefficient (Wildman–Crippen LogP) is 0.819. The van der Waals surface area contributed by atoms with Gasteiger partial charge in [-0.1, -0.05) is 12.1 Å². The van der Waals surface area contributed by atoms with Crippen LogP contribution in [0.15, 0.2) is 29.1 Å². The van der Waals surface area contributed by atoms with Crippen LogP contribution in [0.5, 0.6) is 0 Å². The second-order valence-electron chi connectivity index (χ2n) is 6.46. The Morgan fingerprint density at radius 3 is 2.58 bits per heavy atom. The number of fused-ring (bicyclic) bond motifs is 1. The highest BCUT2D eigenvalue weighted by atomic mass is 16.5. The number of amides is 1. The quantitative estimate of drug-likeness (QED) is 0.793. The summed E-state index contributed by atoms with van der Waals surface area (Å²) in [5, 5.41) is 12.0. The summed E-state index contributed by atoms with van der Waals surface area (Å²) in [5.74, 6) is -1.85. The number of aromatic nitrogens is 2. The van der Waals surface area contributed by atoms with Crippen LogP contribution in [0.4, 0.5) is 0 Å². The average molecular weight is 361 g/mol. The highest BCUT2D eigenvalue weighted by Crippen LogP contribution is 2.18. The van der Waals surface area contributed by atoms with Gasteiger partial charge in [-0.15, -0.1) is 0 Å². The SMILES string of the molecule is CCn1c(=O)n(CC(=O)NC(C(=O)O)C2CCCOC2)c2ccccc21. The second kappa shape index (κ2) is 7.74. The number of para-hydroxylation sites is 2. The number of aryl methyl sites for hydroxylation is 1. The van der Waals surface area contributed by atoms with Gasteiger partial charge >= 0.3 is 11.7 Å². The van der Waals surface area contributed by atoms with Gasteiger partial charge in [0.25, 0.3) is 0 Å². The van der Waals surface area contributed by atoms with Gasteiger partial charge in [0, 0.05) is 19.1 Å². The minimum absolute atomic E-state index is 0.219. The predicted molar refractivity (Wildman–Crippen MR) is 95.0 cm³/mol. The van der Waals surface area contributed by atoms with Gasteiger partial charge < -0.3 is 15.2 Å². The Morgan fingerprint density at radius 2 is 2.00 bits per heavy atom. The van der Waals surface area contributed by atoms with Crippen LogP contribution < -0.4 is 11.0 Å². The van der Waals surface area contributed by atoms with Gasteiger partial charge in [0.1, 0.15) is 12.6 Å². The number of hydrogen-bond acceptors (Lipinski definition) is 4. The van der Waals surface area contributed by atoms with E-state index in [0.717, 1.165) is 11.9 Å². The van der Waals surface area contributed by atoms with E-state index in [1.54, 1.807) is 16.7 Å². The Balaban J connectivity index is 1.81. The van der Waals surface area contributed by atoms with Gasteiger partial charge in [-0.05, 0) is 31.9 Å². The summed E-state index contributed by atoms with van der Waals surface area (Å²) >= 11 is 0. The number of ether oxygens (including phenoxy) is 1. The number of imidazole rings is 1. The Hall–Kier alpha value is -2.61. The van der Waals surface area contributed by atoms with E-state index in [4.69, 9.17) is 4.74 Å². The molecule has 1 amide bonds. The maximum Gasteiger partial charge on any atom is 0.329 e. The van der Waals surface area contributed by atoms with Crippen LogP contribution in [-0.2, 0) is 27.4 Å². The fraction of sp³-hybridized carbons (Fsp3) is 0.500. The minimum Gasteiger partial charge on any atom is -0.480 e. The maximum absolute atomic E-state index is 12.6. The molecule has 0 aliphatic carbocycles. The first kappa shape index (κ1) is 18.2. The van der Waals surface area contributed by atoms with Crippen molar-refractivity contribution in [2.75, 3.05) is 13.2 Å². The average Bonchev–Trinajstić information content (AvgIpc) is 2.91. The molecule has 26 heavy (non-hydrogen) atoms. The van der Waals surface area contributed by atoms with Crippen LogP contribution in [0.2, 0.25) is 0 Å². The van der Waals surface area contributed by atoms with Crippen molar-refractivity contribution in [3.8, 4) is 0 Å². The van der Waals surface area contributed by atoms with Crippen molar-refractivity contribution in [2.24, 2.45) is 5.92 Å². The van der Waals surface area contributed by atoms with Gasteiger partial charge in [0.15, 0.2) is 0 Å². The van der Waals surface area contributed by atoms with Crippen molar-refractivity contribution in [3.05, 3.63) is 34.7 Å². The summed E-state index contributed by atoms with van der Waals surface area (Å²) in [6, 6.07) is 6.23. The molecule has 0 bridgehead atoms. The molecule has 2 N–H and O–H groups in total. The molecule has 2 aromatic rings. The standard InChI is InChI=1S/C18H23N3O5/c1-2-20-13-7-3-4-8-14(13)21(18(20)25)10-15(22)19-16(17(23)24)12-6-5-9-26-11-12/h3-4,7-8,12,16H,2,5-6,9-11H2,1H3,(H,19,22)(H,23,24). The number of rotatable bonds is 6. The Morgan fingerprint density at radius 1 is 1.31 bits per heavy atom. The number of hydrogen-bond donors (Lipinski definition) is 2. The van der Waals surface area contributed by atoms with E-state index in [9.17, 15) is 19.5 Å². The largest absolute Gasteiger partial charge is 0.480 e. The maximum atomic E-state index is 12.6. The first-order valence-corrected chi connectivity index (χ1v) is 8.81. The number of carboxylic acid groups (broad SMARTS) is 1. The molecule has 1 aliphatic heterocycles. The lowest BCUT2D eigenvalue weighted by Gasteiger charge is -2.28. The normalized spacial score (nSPS) is 18.6. The van der Waals surface area contributed by atoms with Crippen LogP contribution in [0.25, 0.3) is 11.0 Å². The van der Waals surface area contributed by atoms with Crippen LogP contribution in [-0.4, -0.2) is 45.4 Å². The van der Waals surface area contributed by atoms with E-state index in [1.165, 1.54) is 4.57 Å². The Bertz CT molecular complexity index is 863. The van der Waals surface area contributed by atoms with Gasteiger partial charge in [-0.2, -0.15) is 0 Å². The van der Waals surface area contributed by atoms with E-state index in [-0.39, 0.29) is 18.2 Å². The van der Waals surface area contributed by atoms with Crippen LogP contribution in [0, 0.1) is 5.92 Å². The molecule has 140 valence electrons. The zero-order chi connectivity index (χ0) is 18.7. The summed E-state index contributed by atoms with van der Waals surface area (Å²) in [5.41, 5.74) is 1.13. The highest BCUT2D eigenvalue weighted by Gasteiger charge is 2.31. The molecule has 2 unspecified atom stereocenters. The smallest absolute Gasteiger partial charge is 0.329 e. The monoisotopic (exact) mass is 361 g/mol. The minimum atomic E-state index is -1.09. The third kappa shape index (κ3) is 3.50. The molecule has 1 aromatic carbocycles. The topological polar surface area (TPSA) is 103 Å². The van der Waals surface area contributed by atoms with E-state index in [1.807, 2.05) is 19.1 Å². The van der Waals surface area contributed by atoms with Crippen molar-refractivity contribution >= 4 is 22.9 Å². The van der Waals surface area contributed by atoms with Crippen LogP contribution in [0.1, 0.15) is 19.8 Å². The van der Waals surface area contributed by atoms with Crippen molar-refractivity contribution in [1.29, 1.82) is 0 Å². The number of benzene rings is 1. The molecule has 1 aliphatic rings. The molecule has 3 rings (SSSR count). The lowest BCUT2D eigenvalue weighted by atomic mass is 9.93. The molecule has 0 radical (unpaired) electrons. The lowest BCUT2D eigenvalue weighted by molar-refractivity contribution is -0.145. The summed E-state index contributed by atoms with van der Waals surface area (Å²) in [4.78, 5) is 36.6. The second-order valence-corrected chi connectivity index (χ2v) is 6.46. The molecule has 0 spiro atoms. The fourth-order valence-electron chi connectivity index (χ4n) is 3.50. The van der Waals surface area contributed by atoms with Crippen LogP contribution in [0.3, 0.4) is 0 Å². The Kier molecular flexibility index (Phi) is 5.41. The molecule has 2 heterocycles. The molecular weight excluding hydrogens is 338 g/mol. The van der Waals surface area contributed by atoms with Crippen molar-refractivity contribution < 1.29 is 19.4 Å². The Labute approximate surface area is 150 Å². The van der Waals surface area contributed by atoms with E-state index < -0.39 is 17.9 Å². The van der Waals surface area contributed by atoms with Crippen LogP contribution >= 0.6 is 0 Å². The van der Waals surface area contributed by atoms with E-state index in [0.29, 0.717) is 31.7 Å². The molecule has 0 saturated carbocycles. The lowest BCUT2D eigenvalue weighted by Crippen LogP contribution is -2.49.